The molecule has 9 nitrogen and oxygen atoms in total. The summed E-state index contributed by atoms with van der Waals surface area (Å²) in [6.45, 7) is 3.75. The third-order valence-corrected chi connectivity index (χ3v) is 12.4. The van der Waals surface area contributed by atoms with Gasteiger partial charge in [-0.1, -0.05) is 231 Å². The summed E-state index contributed by atoms with van der Waals surface area (Å²) in [5.41, 5.74) is 0. The molecule has 59 heavy (non-hydrogen) atoms. The maximum Gasteiger partial charge on any atom is 0.220 e. The summed E-state index contributed by atoms with van der Waals surface area (Å²) in [4.78, 5) is 12.9. The summed E-state index contributed by atoms with van der Waals surface area (Å²) < 4.78 is 11.2. The van der Waals surface area contributed by atoms with Gasteiger partial charge in [0.25, 0.3) is 0 Å². The number of unbranched alkanes of at least 4 members (excludes halogenated alkanes) is 33. The molecule has 1 rings (SSSR count). The highest BCUT2D eigenvalue weighted by atomic mass is 16.7. The summed E-state index contributed by atoms with van der Waals surface area (Å²) in [6.07, 6.45) is 41.6. The molecule has 0 aliphatic carbocycles. The largest absolute Gasteiger partial charge is 0.394 e. The first-order chi connectivity index (χ1) is 28.8. The Kier molecular flexibility index (Phi) is 38.9. The molecule has 7 atom stereocenters. The highest BCUT2D eigenvalue weighted by molar-refractivity contribution is 5.76. The van der Waals surface area contributed by atoms with E-state index in [1.54, 1.807) is 6.08 Å². The van der Waals surface area contributed by atoms with E-state index in [1.165, 1.54) is 186 Å². The van der Waals surface area contributed by atoms with Crippen LogP contribution in [0, 0.1) is 0 Å². The Balaban J connectivity index is 2.15. The number of aliphatic hydroxyl groups excluding tert-OH is 5. The van der Waals surface area contributed by atoms with Gasteiger partial charge >= 0.3 is 0 Å². The highest BCUT2D eigenvalue weighted by Crippen LogP contribution is 2.23. The minimum atomic E-state index is -1.56. The van der Waals surface area contributed by atoms with Crippen LogP contribution in [-0.4, -0.2) is 87.5 Å². The summed E-state index contributed by atoms with van der Waals surface area (Å²) >= 11 is 0. The van der Waals surface area contributed by atoms with Crippen LogP contribution in [0.3, 0.4) is 0 Å². The molecule has 1 saturated heterocycles. The minimum Gasteiger partial charge on any atom is -0.394 e. The zero-order chi connectivity index (χ0) is 43.0. The predicted octanol–water partition coefficient (Wildman–Crippen LogP) is 11.3. The smallest absolute Gasteiger partial charge is 0.220 e. The fourth-order valence-electron chi connectivity index (χ4n) is 8.28. The second-order valence-electron chi connectivity index (χ2n) is 18.0. The number of ether oxygens (including phenoxy) is 2. The van der Waals surface area contributed by atoms with E-state index in [2.05, 4.69) is 19.2 Å². The lowest BCUT2D eigenvalue weighted by molar-refractivity contribution is -0.302. The monoisotopic (exact) mass is 840 g/mol. The van der Waals surface area contributed by atoms with E-state index in [1.807, 2.05) is 6.08 Å². The molecule has 0 saturated carbocycles. The average molecular weight is 840 g/mol. The lowest BCUT2D eigenvalue weighted by Crippen LogP contribution is -2.60. The molecule has 1 fully saturated rings. The second-order valence-corrected chi connectivity index (χ2v) is 18.0. The number of hydrogen-bond acceptors (Lipinski definition) is 8. The number of carbonyl (C=O) groups excluding carboxylic acids is 1. The van der Waals surface area contributed by atoms with Crippen molar-refractivity contribution in [3.8, 4) is 0 Å². The van der Waals surface area contributed by atoms with E-state index in [0.29, 0.717) is 6.42 Å². The quantitative estimate of drug-likeness (QED) is 0.0263. The van der Waals surface area contributed by atoms with Gasteiger partial charge < -0.3 is 40.3 Å². The molecule has 0 radical (unpaired) electrons. The van der Waals surface area contributed by atoms with Gasteiger partial charge in [0.2, 0.25) is 5.91 Å². The molecular formula is C50H97NO8. The Bertz CT molecular complexity index is 935. The maximum absolute atomic E-state index is 12.9. The molecule has 350 valence electrons. The van der Waals surface area contributed by atoms with E-state index in [-0.39, 0.29) is 12.5 Å². The van der Waals surface area contributed by atoms with Gasteiger partial charge in [0.05, 0.1) is 25.4 Å². The third kappa shape index (κ3) is 31.4. The molecule has 0 aromatic rings. The SMILES string of the molecule is CCCCCCCCCCCCCCCCCCCCCCCCCCCC/C=C/C(O)C(COC1OC(CO)C(O)C(O)C1O)NC(=O)CCCCCCCCCC. The summed E-state index contributed by atoms with van der Waals surface area (Å²) in [5, 5.41) is 54.1. The minimum absolute atomic E-state index is 0.179. The van der Waals surface area contributed by atoms with Crippen molar-refractivity contribution in [2.75, 3.05) is 13.2 Å². The van der Waals surface area contributed by atoms with Gasteiger partial charge in [-0.2, -0.15) is 0 Å². The Morgan fingerprint density at radius 1 is 0.559 bits per heavy atom. The lowest BCUT2D eigenvalue weighted by Gasteiger charge is -2.40. The van der Waals surface area contributed by atoms with Crippen LogP contribution in [-0.2, 0) is 14.3 Å². The third-order valence-electron chi connectivity index (χ3n) is 12.4. The predicted molar refractivity (Wildman–Crippen MR) is 244 cm³/mol. The van der Waals surface area contributed by atoms with Crippen molar-refractivity contribution < 1.29 is 39.8 Å². The van der Waals surface area contributed by atoms with Gasteiger partial charge in [0, 0.05) is 6.42 Å². The fourth-order valence-corrected chi connectivity index (χ4v) is 8.28. The molecular weight excluding hydrogens is 743 g/mol. The Labute approximate surface area is 363 Å². The zero-order valence-corrected chi connectivity index (χ0v) is 38.5. The Morgan fingerprint density at radius 3 is 1.32 bits per heavy atom. The molecule has 9 heteroatoms. The van der Waals surface area contributed by atoms with Gasteiger partial charge in [0.15, 0.2) is 6.29 Å². The van der Waals surface area contributed by atoms with Crippen molar-refractivity contribution in [3.63, 3.8) is 0 Å². The van der Waals surface area contributed by atoms with Crippen molar-refractivity contribution in [3.05, 3.63) is 12.2 Å². The molecule has 7 unspecified atom stereocenters. The van der Waals surface area contributed by atoms with Crippen LogP contribution < -0.4 is 5.32 Å². The van der Waals surface area contributed by atoms with Crippen LogP contribution in [0.25, 0.3) is 0 Å². The summed E-state index contributed by atoms with van der Waals surface area (Å²) in [5.74, 6) is -0.179. The van der Waals surface area contributed by atoms with Gasteiger partial charge in [-0.3, -0.25) is 4.79 Å². The van der Waals surface area contributed by atoms with Gasteiger partial charge in [-0.25, -0.2) is 0 Å². The highest BCUT2D eigenvalue weighted by Gasteiger charge is 2.44. The lowest BCUT2D eigenvalue weighted by atomic mass is 9.99. The molecule has 0 spiro atoms. The molecule has 1 aliphatic heterocycles. The number of amides is 1. The molecule has 0 bridgehead atoms. The first kappa shape index (κ1) is 55.9. The van der Waals surface area contributed by atoms with E-state index in [9.17, 15) is 30.3 Å². The number of hydrogen-bond donors (Lipinski definition) is 6. The topological polar surface area (TPSA) is 149 Å². The van der Waals surface area contributed by atoms with Crippen LogP contribution in [0.1, 0.15) is 245 Å². The fraction of sp³-hybridized carbons (Fsp3) is 0.940. The summed E-state index contributed by atoms with van der Waals surface area (Å²) in [6, 6.07) is -0.797. The molecule has 1 heterocycles. The van der Waals surface area contributed by atoms with Crippen LogP contribution in [0.15, 0.2) is 12.2 Å². The number of allylic oxidation sites excluding steroid dienone is 1. The van der Waals surface area contributed by atoms with Gasteiger partial charge in [-0.05, 0) is 19.3 Å². The zero-order valence-electron chi connectivity index (χ0n) is 38.5. The number of carbonyl (C=O) groups is 1. The Hall–Kier alpha value is -1.07. The number of aliphatic hydroxyl groups is 5. The molecule has 0 aromatic heterocycles. The van der Waals surface area contributed by atoms with Crippen LogP contribution in [0.2, 0.25) is 0 Å². The molecule has 1 amide bonds. The summed E-state index contributed by atoms with van der Waals surface area (Å²) in [7, 11) is 0. The maximum atomic E-state index is 12.9. The Morgan fingerprint density at radius 2 is 0.932 bits per heavy atom. The van der Waals surface area contributed by atoms with Crippen molar-refractivity contribution >= 4 is 5.91 Å². The second kappa shape index (κ2) is 41.0. The van der Waals surface area contributed by atoms with E-state index in [0.717, 1.165) is 38.5 Å². The molecule has 0 aromatic carbocycles. The van der Waals surface area contributed by atoms with Gasteiger partial charge in [-0.15, -0.1) is 0 Å². The van der Waals surface area contributed by atoms with E-state index < -0.39 is 49.5 Å². The molecule has 6 N–H and O–H groups in total. The van der Waals surface area contributed by atoms with Crippen molar-refractivity contribution in [1.82, 2.24) is 5.32 Å². The number of rotatable bonds is 43. The van der Waals surface area contributed by atoms with Crippen molar-refractivity contribution in [2.24, 2.45) is 0 Å². The van der Waals surface area contributed by atoms with Crippen LogP contribution >= 0.6 is 0 Å². The molecule has 1 aliphatic rings. The van der Waals surface area contributed by atoms with Crippen molar-refractivity contribution in [1.29, 1.82) is 0 Å². The van der Waals surface area contributed by atoms with Crippen LogP contribution in [0.4, 0.5) is 0 Å². The van der Waals surface area contributed by atoms with Gasteiger partial charge in [0.1, 0.15) is 24.4 Å². The average Bonchev–Trinajstić information content (AvgIpc) is 3.23. The van der Waals surface area contributed by atoms with E-state index >= 15 is 0 Å². The number of nitrogens with one attached hydrogen (secondary N) is 1. The van der Waals surface area contributed by atoms with Crippen LogP contribution in [0.5, 0.6) is 0 Å². The standard InChI is InChI=1S/C50H97NO8/c1-3-5-7-9-11-13-14-15-16-17-18-19-20-21-22-23-24-25-26-27-28-29-30-31-32-33-35-37-39-44(53)43(51-46(54)40-38-36-34-12-10-8-6-4-2)42-58-50-49(57)48(56)47(55)45(41-52)59-50/h37,39,43-45,47-50,52-53,55-57H,3-36,38,40-42H2,1-2H3,(H,51,54)/b39-37+. The first-order valence-corrected chi connectivity index (χ1v) is 25.4. The van der Waals surface area contributed by atoms with E-state index in [4.69, 9.17) is 9.47 Å². The van der Waals surface area contributed by atoms with Crippen molar-refractivity contribution in [2.45, 2.75) is 288 Å². The first-order valence-electron chi connectivity index (χ1n) is 25.4. The normalized spacial score (nSPS) is 20.7.